The predicted octanol–water partition coefficient (Wildman–Crippen LogP) is 2.09. The molecule has 3 heteroatoms. The van der Waals surface area contributed by atoms with Gasteiger partial charge in [-0.25, -0.2) is 0 Å². The summed E-state index contributed by atoms with van der Waals surface area (Å²) in [6, 6.07) is 0. The maximum absolute atomic E-state index is 5.37. The van der Waals surface area contributed by atoms with Crippen LogP contribution in [0.15, 0.2) is 11.8 Å². The Bertz CT molecular complexity index is 134. The van der Waals surface area contributed by atoms with Crippen molar-refractivity contribution in [3.05, 3.63) is 11.8 Å². The third-order valence-electron chi connectivity index (χ3n) is 1.48. The first-order valence-electron chi connectivity index (χ1n) is 3.86. The molecule has 0 saturated carbocycles. The molecule has 64 valence electrons. The minimum absolute atomic E-state index is 0.752. The van der Waals surface area contributed by atoms with Gasteiger partial charge in [-0.1, -0.05) is 15.9 Å². The summed E-state index contributed by atoms with van der Waals surface area (Å²) in [4.78, 5) is 0. The normalized spacial score (nSPS) is 15.2. The van der Waals surface area contributed by atoms with Crippen molar-refractivity contribution in [1.29, 1.82) is 0 Å². The third kappa shape index (κ3) is 3.77. The van der Waals surface area contributed by atoms with Crippen molar-refractivity contribution >= 4 is 15.9 Å². The molecule has 0 aromatic heterocycles. The number of halogens is 1. The molecule has 2 nitrogen and oxygen atoms in total. The van der Waals surface area contributed by atoms with Gasteiger partial charge < -0.3 is 9.47 Å². The molecule has 0 N–H and O–H groups in total. The first-order chi connectivity index (χ1) is 5.43. The van der Waals surface area contributed by atoms with E-state index < -0.39 is 0 Å². The maximum Gasteiger partial charge on any atom is 0.114 e. The Hall–Kier alpha value is -0.0200. The molecular weight excluding hydrogens is 208 g/mol. The molecule has 0 radical (unpaired) electrons. The second-order valence-corrected chi connectivity index (χ2v) is 3.33. The summed E-state index contributed by atoms with van der Waals surface area (Å²) in [5.74, 6) is 0. The number of hydrogen-bond donors (Lipinski definition) is 0. The zero-order valence-electron chi connectivity index (χ0n) is 6.51. The van der Waals surface area contributed by atoms with Crippen molar-refractivity contribution in [3.8, 4) is 0 Å². The summed E-state index contributed by atoms with van der Waals surface area (Å²) in [5.41, 5.74) is 1.27. The van der Waals surface area contributed by atoms with Crippen molar-refractivity contribution in [2.45, 2.75) is 12.8 Å². The van der Waals surface area contributed by atoms with E-state index in [0.29, 0.717) is 0 Å². The Labute approximate surface area is 75.7 Å². The molecule has 0 amide bonds. The van der Waals surface area contributed by atoms with Crippen LogP contribution in [-0.2, 0) is 9.47 Å². The van der Waals surface area contributed by atoms with E-state index in [1.165, 1.54) is 12.0 Å². The summed E-state index contributed by atoms with van der Waals surface area (Å²) >= 11 is 3.37. The highest BCUT2D eigenvalue weighted by molar-refractivity contribution is 9.09. The summed E-state index contributed by atoms with van der Waals surface area (Å²) in [6.45, 7) is 2.38. The van der Waals surface area contributed by atoms with Crippen molar-refractivity contribution in [2.75, 3.05) is 25.2 Å². The Kier molecular flexibility index (Phi) is 4.62. The lowest BCUT2D eigenvalue weighted by molar-refractivity contribution is 0.120. The van der Waals surface area contributed by atoms with Gasteiger partial charge in [0.05, 0.1) is 12.9 Å². The fourth-order valence-electron chi connectivity index (χ4n) is 0.779. The SMILES string of the molecule is BrCCCCOCC1=COC1. The monoisotopic (exact) mass is 220 g/mol. The highest BCUT2D eigenvalue weighted by Crippen LogP contribution is 2.07. The summed E-state index contributed by atoms with van der Waals surface area (Å²) in [7, 11) is 0. The molecular formula is C8H13BrO2. The Morgan fingerprint density at radius 1 is 1.55 bits per heavy atom. The van der Waals surface area contributed by atoms with E-state index in [1.54, 1.807) is 6.26 Å². The predicted molar refractivity (Wildman–Crippen MR) is 47.9 cm³/mol. The van der Waals surface area contributed by atoms with E-state index in [4.69, 9.17) is 9.47 Å². The van der Waals surface area contributed by atoms with Crippen molar-refractivity contribution in [1.82, 2.24) is 0 Å². The van der Waals surface area contributed by atoms with Crippen LogP contribution >= 0.6 is 15.9 Å². The summed E-state index contributed by atoms with van der Waals surface area (Å²) in [6.07, 6.45) is 4.10. The van der Waals surface area contributed by atoms with E-state index in [9.17, 15) is 0 Å². The van der Waals surface area contributed by atoms with E-state index >= 15 is 0 Å². The van der Waals surface area contributed by atoms with Gasteiger partial charge in [-0.15, -0.1) is 0 Å². The minimum atomic E-state index is 0.752. The van der Waals surface area contributed by atoms with Gasteiger partial charge in [-0.3, -0.25) is 0 Å². The number of unbranched alkanes of at least 4 members (excludes halogenated alkanes) is 1. The van der Waals surface area contributed by atoms with E-state index in [-0.39, 0.29) is 0 Å². The van der Waals surface area contributed by atoms with Gasteiger partial charge in [0.25, 0.3) is 0 Å². The number of alkyl halides is 1. The van der Waals surface area contributed by atoms with E-state index in [0.717, 1.165) is 31.6 Å². The molecule has 0 aromatic rings. The number of rotatable bonds is 6. The molecule has 0 saturated heterocycles. The molecule has 11 heavy (non-hydrogen) atoms. The van der Waals surface area contributed by atoms with Gasteiger partial charge in [0, 0.05) is 17.5 Å². The van der Waals surface area contributed by atoms with Gasteiger partial charge in [0.1, 0.15) is 6.61 Å². The molecule has 0 fully saturated rings. The summed E-state index contributed by atoms with van der Waals surface area (Å²) in [5, 5.41) is 1.07. The molecule has 1 rings (SSSR count). The van der Waals surface area contributed by atoms with Gasteiger partial charge in [0.2, 0.25) is 0 Å². The fraction of sp³-hybridized carbons (Fsp3) is 0.750. The molecule has 0 aromatic carbocycles. The third-order valence-corrected chi connectivity index (χ3v) is 2.04. The van der Waals surface area contributed by atoms with Crippen LogP contribution in [0.3, 0.4) is 0 Å². The largest absolute Gasteiger partial charge is 0.496 e. The standard InChI is InChI=1S/C8H13BrO2/c9-3-1-2-4-10-5-8-6-11-7-8/h6H,1-5,7H2. The highest BCUT2D eigenvalue weighted by atomic mass is 79.9. The molecule has 0 unspecified atom stereocenters. The molecule has 0 bridgehead atoms. The lowest BCUT2D eigenvalue weighted by Gasteiger charge is -2.15. The van der Waals surface area contributed by atoms with Gasteiger partial charge in [-0.2, -0.15) is 0 Å². The zero-order chi connectivity index (χ0) is 7.94. The van der Waals surface area contributed by atoms with Gasteiger partial charge >= 0.3 is 0 Å². The zero-order valence-corrected chi connectivity index (χ0v) is 8.10. The van der Waals surface area contributed by atoms with Crippen LogP contribution in [-0.4, -0.2) is 25.2 Å². The Balaban J connectivity index is 1.80. The lowest BCUT2D eigenvalue weighted by Crippen LogP contribution is -2.11. The summed E-state index contributed by atoms with van der Waals surface area (Å²) < 4.78 is 10.2. The molecule has 0 atom stereocenters. The molecule has 1 heterocycles. The van der Waals surface area contributed by atoms with E-state index in [2.05, 4.69) is 15.9 Å². The quantitative estimate of drug-likeness (QED) is 0.505. The lowest BCUT2D eigenvalue weighted by atomic mass is 10.3. The topological polar surface area (TPSA) is 18.5 Å². The van der Waals surface area contributed by atoms with Crippen molar-refractivity contribution in [3.63, 3.8) is 0 Å². The van der Waals surface area contributed by atoms with Crippen LogP contribution in [0.5, 0.6) is 0 Å². The molecule has 0 aliphatic carbocycles. The molecule has 0 spiro atoms. The van der Waals surface area contributed by atoms with Crippen molar-refractivity contribution < 1.29 is 9.47 Å². The van der Waals surface area contributed by atoms with Gasteiger partial charge in [0.15, 0.2) is 0 Å². The molecule has 1 aliphatic heterocycles. The fourth-order valence-corrected chi connectivity index (χ4v) is 1.18. The van der Waals surface area contributed by atoms with Crippen LogP contribution in [0, 0.1) is 0 Å². The van der Waals surface area contributed by atoms with Crippen LogP contribution < -0.4 is 0 Å². The maximum atomic E-state index is 5.37. The Morgan fingerprint density at radius 2 is 2.36 bits per heavy atom. The second kappa shape index (κ2) is 5.61. The van der Waals surface area contributed by atoms with Crippen molar-refractivity contribution in [2.24, 2.45) is 0 Å². The first-order valence-corrected chi connectivity index (χ1v) is 4.99. The number of hydrogen-bond acceptors (Lipinski definition) is 2. The average molecular weight is 221 g/mol. The van der Waals surface area contributed by atoms with Crippen LogP contribution in [0.1, 0.15) is 12.8 Å². The minimum Gasteiger partial charge on any atom is -0.496 e. The molecule has 1 aliphatic rings. The smallest absolute Gasteiger partial charge is 0.114 e. The second-order valence-electron chi connectivity index (χ2n) is 2.54. The number of ether oxygens (including phenoxy) is 2. The first kappa shape index (κ1) is 9.07. The van der Waals surface area contributed by atoms with Crippen LogP contribution in [0.25, 0.3) is 0 Å². The average Bonchev–Trinajstić information content (AvgIpc) is 1.93. The highest BCUT2D eigenvalue weighted by Gasteiger charge is 2.05. The van der Waals surface area contributed by atoms with Crippen LogP contribution in [0.2, 0.25) is 0 Å². The Morgan fingerprint density at radius 3 is 2.91 bits per heavy atom. The van der Waals surface area contributed by atoms with Gasteiger partial charge in [-0.05, 0) is 12.8 Å². The van der Waals surface area contributed by atoms with E-state index in [1.807, 2.05) is 0 Å². The van der Waals surface area contributed by atoms with Crippen LogP contribution in [0.4, 0.5) is 0 Å².